The highest BCUT2D eigenvalue weighted by atomic mass is 35.5. The molecule has 0 atom stereocenters. The summed E-state index contributed by atoms with van der Waals surface area (Å²) in [7, 11) is 0. The fraction of sp³-hybridized carbons (Fsp3) is 0.750. The maximum absolute atomic E-state index is 5.45. The molecule has 2 N–H and O–H groups in total. The molecule has 0 aliphatic heterocycles. The van der Waals surface area contributed by atoms with E-state index in [9.17, 15) is 0 Å². The maximum Gasteiger partial charge on any atom is 0.0962 e. The van der Waals surface area contributed by atoms with E-state index in [-0.39, 0.29) is 24.8 Å². The van der Waals surface area contributed by atoms with Crippen LogP contribution in [0, 0.1) is 0 Å². The number of halogens is 2. The molecule has 6 heteroatoms. The van der Waals surface area contributed by atoms with Crippen molar-refractivity contribution in [3.8, 4) is 0 Å². The van der Waals surface area contributed by atoms with Crippen molar-refractivity contribution < 1.29 is 0 Å². The van der Waals surface area contributed by atoms with Crippen molar-refractivity contribution in [3.63, 3.8) is 0 Å². The first kappa shape index (κ1) is 13.7. The minimum atomic E-state index is 0. The van der Waals surface area contributed by atoms with E-state index in [1.165, 1.54) is 25.7 Å². The molecule has 1 aliphatic carbocycles. The average molecular weight is 239 g/mol. The van der Waals surface area contributed by atoms with Gasteiger partial charge >= 0.3 is 0 Å². The zero-order valence-electron chi connectivity index (χ0n) is 7.93. The molecule has 1 aliphatic rings. The minimum absolute atomic E-state index is 0. The van der Waals surface area contributed by atoms with Gasteiger partial charge in [0.1, 0.15) is 0 Å². The summed E-state index contributed by atoms with van der Waals surface area (Å²) in [4.78, 5) is 0. The molecular formula is C8H16Cl2N4. The lowest BCUT2D eigenvalue weighted by molar-refractivity contribution is 0.454. The van der Waals surface area contributed by atoms with E-state index >= 15 is 0 Å². The van der Waals surface area contributed by atoms with Crippen LogP contribution in [0.4, 0.5) is 0 Å². The molecule has 0 aromatic carbocycles. The highest BCUT2D eigenvalue weighted by Gasteiger charge is 2.17. The molecule has 14 heavy (non-hydrogen) atoms. The number of hydrogen-bond acceptors (Lipinski definition) is 3. The first-order valence-corrected chi connectivity index (χ1v) is 4.51. The second kappa shape index (κ2) is 6.22. The van der Waals surface area contributed by atoms with Crippen molar-refractivity contribution in [2.24, 2.45) is 5.73 Å². The quantitative estimate of drug-likeness (QED) is 0.854. The van der Waals surface area contributed by atoms with Crippen LogP contribution in [0.2, 0.25) is 0 Å². The maximum atomic E-state index is 5.45. The van der Waals surface area contributed by atoms with Crippen LogP contribution in [0.25, 0.3) is 0 Å². The monoisotopic (exact) mass is 238 g/mol. The van der Waals surface area contributed by atoms with E-state index < -0.39 is 0 Å². The van der Waals surface area contributed by atoms with Gasteiger partial charge in [-0.3, -0.25) is 0 Å². The van der Waals surface area contributed by atoms with Crippen molar-refractivity contribution in [1.82, 2.24) is 15.0 Å². The van der Waals surface area contributed by atoms with Crippen LogP contribution < -0.4 is 5.73 Å². The largest absolute Gasteiger partial charge is 0.325 e. The third-order valence-corrected chi connectivity index (χ3v) is 2.47. The molecule has 0 bridgehead atoms. The second-order valence-electron chi connectivity index (χ2n) is 3.33. The van der Waals surface area contributed by atoms with Gasteiger partial charge in [0.15, 0.2) is 0 Å². The zero-order valence-corrected chi connectivity index (χ0v) is 9.56. The highest BCUT2D eigenvalue weighted by molar-refractivity contribution is 5.85. The lowest BCUT2D eigenvalue weighted by Crippen LogP contribution is -2.04. The summed E-state index contributed by atoms with van der Waals surface area (Å²) < 4.78 is 1.97. The molecule has 4 nitrogen and oxygen atoms in total. The van der Waals surface area contributed by atoms with E-state index in [0.29, 0.717) is 12.6 Å². The van der Waals surface area contributed by atoms with Crippen molar-refractivity contribution in [2.75, 3.05) is 0 Å². The van der Waals surface area contributed by atoms with E-state index in [2.05, 4.69) is 10.3 Å². The van der Waals surface area contributed by atoms with Crippen LogP contribution in [0.3, 0.4) is 0 Å². The topological polar surface area (TPSA) is 56.7 Å². The molecule has 1 fully saturated rings. The Morgan fingerprint density at radius 2 is 2.00 bits per heavy atom. The van der Waals surface area contributed by atoms with Gasteiger partial charge < -0.3 is 5.73 Å². The average Bonchev–Trinajstić information content (AvgIpc) is 2.75. The summed E-state index contributed by atoms with van der Waals surface area (Å²) in [6.07, 6.45) is 7.10. The van der Waals surface area contributed by atoms with Crippen LogP contribution in [-0.2, 0) is 6.54 Å². The van der Waals surface area contributed by atoms with Crippen molar-refractivity contribution in [1.29, 1.82) is 0 Å². The van der Waals surface area contributed by atoms with Crippen LogP contribution in [0.15, 0.2) is 6.20 Å². The van der Waals surface area contributed by atoms with E-state index in [0.717, 1.165) is 5.69 Å². The van der Waals surface area contributed by atoms with Gasteiger partial charge in [-0.15, -0.1) is 29.9 Å². The summed E-state index contributed by atoms with van der Waals surface area (Å²) in [5.74, 6) is 0. The van der Waals surface area contributed by atoms with Crippen LogP contribution >= 0.6 is 24.8 Å². The zero-order chi connectivity index (χ0) is 8.39. The molecule has 1 heterocycles. The first-order valence-electron chi connectivity index (χ1n) is 4.51. The minimum Gasteiger partial charge on any atom is -0.325 e. The van der Waals surface area contributed by atoms with Gasteiger partial charge in [-0.05, 0) is 12.8 Å². The molecule has 1 saturated carbocycles. The predicted molar refractivity (Wildman–Crippen MR) is 59.9 cm³/mol. The molecule has 0 radical (unpaired) electrons. The molecule has 0 spiro atoms. The Kier molecular flexibility index (Phi) is 6.08. The highest BCUT2D eigenvalue weighted by Crippen LogP contribution is 2.28. The molecule has 2 rings (SSSR count). The third kappa shape index (κ3) is 2.83. The Hall–Kier alpha value is -0.320. The molecule has 82 valence electrons. The Bertz CT molecular complexity index is 258. The van der Waals surface area contributed by atoms with Gasteiger partial charge in [0.2, 0.25) is 0 Å². The molecule has 1 aromatic heterocycles. The smallest absolute Gasteiger partial charge is 0.0962 e. The summed E-state index contributed by atoms with van der Waals surface area (Å²) in [6, 6.07) is 0.581. The lowest BCUT2D eigenvalue weighted by atomic mass is 10.2. The van der Waals surface area contributed by atoms with E-state index in [1.54, 1.807) is 0 Å². The Morgan fingerprint density at radius 3 is 2.50 bits per heavy atom. The molecule has 0 amide bonds. The molecule has 0 saturated heterocycles. The van der Waals surface area contributed by atoms with Gasteiger partial charge in [-0.1, -0.05) is 18.1 Å². The van der Waals surface area contributed by atoms with Crippen LogP contribution in [0.1, 0.15) is 37.4 Å². The van der Waals surface area contributed by atoms with Crippen molar-refractivity contribution in [3.05, 3.63) is 11.9 Å². The molecule has 0 unspecified atom stereocenters. The van der Waals surface area contributed by atoms with Crippen molar-refractivity contribution in [2.45, 2.75) is 38.3 Å². The van der Waals surface area contributed by atoms with Gasteiger partial charge in [0.25, 0.3) is 0 Å². The third-order valence-electron chi connectivity index (χ3n) is 2.47. The SMILES string of the molecule is Cl.Cl.NCc1cn(C2CCCC2)nn1. The van der Waals surface area contributed by atoms with Crippen molar-refractivity contribution >= 4 is 24.8 Å². The Balaban J connectivity index is 0.000000845. The number of hydrogen-bond donors (Lipinski definition) is 1. The number of rotatable bonds is 2. The number of aromatic nitrogens is 3. The fourth-order valence-electron chi connectivity index (χ4n) is 1.75. The van der Waals surface area contributed by atoms with Gasteiger partial charge in [-0.2, -0.15) is 0 Å². The van der Waals surface area contributed by atoms with Gasteiger partial charge in [-0.25, -0.2) is 4.68 Å². The second-order valence-corrected chi connectivity index (χ2v) is 3.33. The Morgan fingerprint density at radius 1 is 1.36 bits per heavy atom. The molecule has 1 aromatic rings. The van der Waals surface area contributed by atoms with E-state index in [1.807, 2.05) is 10.9 Å². The Labute approximate surface area is 96.1 Å². The summed E-state index contributed by atoms with van der Waals surface area (Å²) in [6.45, 7) is 0.493. The summed E-state index contributed by atoms with van der Waals surface area (Å²) >= 11 is 0. The van der Waals surface area contributed by atoms with Gasteiger partial charge in [0.05, 0.1) is 17.9 Å². The standard InChI is InChI=1S/C8H14N4.2ClH/c9-5-7-6-12(11-10-7)8-3-1-2-4-8;;/h6,8H,1-5,9H2;2*1H. The fourth-order valence-corrected chi connectivity index (χ4v) is 1.75. The summed E-state index contributed by atoms with van der Waals surface area (Å²) in [5, 5.41) is 8.02. The predicted octanol–water partition coefficient (Wildman–Crippen LogP) is 1.70. The van der Waals surface area contributed by atoms with Gasteiger partial charge in [0, 0.05) is 6.54 Å². The lowest BCUT2D eigenvalue weighted by Gasteiger charge is -2.06. The molecular weight excluding hydrogens is 223 g/mol. The number of nitrogens with two attached hydrogens (primary N) is 1. The number of nitrogens with zero attached hydrogens (tertiary/aromatic N) is 3. The van der Waals surface area contributed by atoms with Crippen LogP contribution in [-0.4, -0.2) is 15.0 Å². The summed E-state index contributed by atoms with van der Waals surface area (Å²) in [5.41, 5.74) is 6.34. The first-order chi connectivity index (χ1) is 5.90. The van der Waals surface area contributed by atoms with Crippen LogP contribution in [0.5, 0.6) is 0 Å². The van der Waals surface area contributed by atoms with E-state index in [4.69, 9.17) is 5.73 Å². The normalized spacial score (nSPS) is 16.1.